The third-order valence-electron chi connectivity index (χ3n) is 7.51. The number of carbonyl (C=O) groups is 1. The molecule has 0 bridgehead atoms. The van der Waals surface area contributed by atoms with E-state index in [-0.39, 0.29) is 11.8 Å². The Morgan fingerprint density at radius 1 is 1.12 bits per heavy atom. The topological polar surface area (TPSA) is 60.9 Å². The lowest BCUT2D eigenvalue weighted by Crippen LogP contribution is -2.48. The van der Waals surface area contributed by atoms with Crippen LogP contribution in [0.4, 0.5) is 0 Å². The molecule has 5 rings (SSSR count). The quantitative estimate of drug-likeness (QED) is 0.506. The van der Waals surface area contributed by atoms with Crippen molar-refractivity contribution in [3.63, 3.8) is 0 Å². The highest BCUT2D eigenvalue weighted by Gasteiger charge is 2.36. The van der Waals surface area contributed by atoms with Gasteiger partial charge in [0.1, 0.15) is 18.1 Å². The zero-order valence-corrected chi connectivity index (χ0v) is 19.9. The number of hydrogen-bond acceptors (Lipinski definition) is 5. The van der Waals surface area contributed by atoms with E-state index < -0.39 is 0 Å². The van der Waals surface area contributed by atoms with Gasteiger partial charge < -0.3 is 19.1 Å². The molecule has 1 aromatic heterocycles. The van der Waals surface area contributed by atoms with Crippen molar-refractivity contribution in [1.29, 1.82) is 0 Å². The summed E-state index contributed by atoms with van der Waals surface area (Å²) in [7, 11) is 1.68. The van der Waals surface area contributed by atoms with E-state index in [0.717, 1.165) is 23.5 Å². The molecular weight excluding hydrogens is 428 g/mol. The molecule has 0 atom stereocenters. The van der Waals surface area contributed by atoms with Crippen LogP contribution in [-0.4, -0.2) is 49.2 Å². The Labute approximate surface area is 201 Å². The number of nitrogens with zero attached hydrogens (tertiary/aromatic N) is 2. The number of benzene rings is 1. The molecule has 2 heterocycles. The highest BCUT2D eigenvalue weighted by atomic mass is 16.5. The number of ether oxygens (including phenoxy) is 3. The molecule has 1 saturated heterocycles. The summed E-state index contributed by atoms with van der Waals surface area (Å²) in [6.45, 7) is 5.91. The molecule has 1 aliphatic heterocycles. The first-order valence-corrected chi connectivity index (χ1v) is 12.3. The number of amides is 1. The Morgan fingerprint density at radius 2 is 1.94 bits per heavy atom. The van der Waals surface area contributed by atoms with E-state index in [1.54, 1.807) is 25.4 Å². The molecule has 2 fully saturated rings. The number of carbonyl (C=O) groups excluding carboxylic acids is 1. The van der Waals surface area contributed by atoms with Crippen LogP contribution in [0, 0.1) is 12.3 Å². The summed E-state index contributed by atoms with van der Waals surface area (Å²) >= 11 is 0. The van der Waals surface area contributed by atoms with Gasteiger partial charge in [-0.15, -0.1) is 0 Å². The minimum Gasteiger partial charge on any atom is -0.493 e. The fourth-order valence-electron chi connectivity index (χ4n) is 5.55. The Bertz CT molecular complexity index is 1070. The summed E-state index contributed by atoms with van der Waals surface area (Å²) < 4.78 is 17.2. The second kappa shape index (κ2) is 9.69. The fourth-order valence-corrected chi connectivity index (χ4v) is 5.55. The summed E-state index contributed by atoms with van der Waals surface area (Å²) in [6.07, 6.45) is 11.9. The van der Waals surface area contributed by atoms with E-state index in [1.165, 1.54) is 37.7 Å². The standard InChI is InChI=1S/C28H33N2O4/c1-3-33-23-9-13-29-24(15-23)27(31)30-17-22(18-30)21-6-7-25(26(14-21)32-2)34-19-20-8-12-28(16-20)10-4-5-11-28/h6-7,9,13-16,22H,1,3-5,8,10-12,17-19H2,2H3. The molecule has 2 aliphatic carbocycles. The van der Waals surface area contributed by atoms with Gasteiger partial charge in [0.2, 0.25) is 0 Å². The number of aromatic nitrogens is 1. The number of allylic oxidation sites excluding steroid dienone is 1. The number of rotatable bonds is 8. The van der Waals surface area contributed by atoms with Crippen molar-refractivity contribution in [2.24, 2.45) is 5.41 Å². The fraction of sp³-hybridized carbons (Fsp3) is 0.464. The SMILES string of the molecule is [CH2]COc1ccnc(C(=O)N2CC(c3ccc(OCC4=CC5(CCCC5)CC4)c(OC)c3)C2)c1. The maximum atomic E-state index is 12.8. The summed E-state index contributed by atoms with van der Waals surface area (Å²) in [5.41, 5.74) is 3.42. The van der Waals surface area contributed by atoms with Gasteiger partial charge in [-0.05, 0) is 67.4 Å². The van der Waals surface area contributed by atoms with Crippen molar-refractivity contribution < 1.29 is 19.0 Å². The molecule has 34 heavy (non-hydrogen) atoms. The summed E-state index contributed by atoms with van der Waals surface area (Å²) in [5.74, 6) is 2.32. The van der Waals surface area contributed by atoms with Gasteiger partial charge in [-0.3, -0.25) is 9.78 Å². The van der Waals surface area contributed by atoms with Gasteiger partial charge in [-0.2, -0.15) is 0 Å². The normalized spacial score (nSPS) is 19.1. The largest absolute Gasteiger partial charge is 0.493 e. The van der Waals surface area contributed by atoms with Crippen molar-refractivity contribution in [3.8, 4) is 17.2 Å². The van der Waals surface area contributed by atoms with Crippen LogP contribution in [0.2, 0.25) is 0 Å². The second-order valence-electron chi connectivity index (χ2n) is 9.70. The van der Waals surface area contributed by atoms with Gasteiger partial charge >= 0.3 is 0 Å². The molecule has 2 aromatic rings. The first-order valence-electron chi connectivity index (χ1n) is 12.3. The minimum atomic E-state index is -0.0810. The Hall–Kier alpha value is -3.02. The average molecular weight is 462 g/mol. The summed E-state index contributed by atoms with van der Waals surface area (Å²) in [4.78, 5) is 18.8. The zero-order valence-electron chi connectivity index (χ0n) is 19.9. The lowest BCUT2D eigenvalue weighted by Gasteiger charge is -2.39. The molecule has 1 amide bonds. The monoisotopic (exact) mass is 461 g/mol. The predicted octanol–water partition coefficient (Wildman–Crippen LogP) is 5.20. The molecule has 1 radical (unpaired) electrons. The Morgan fingerprint density at radius 3 is 2.71 bits per heavy atom. The van der Waals surface area contributed by atoms with Crippen LogP contribution in [0.3, 0.4) is 0 Å². The van der Waals surface area contributed by atoms with Gasteiger partial charge in [0.15, 0.2) is 11.5 Å². The number of methoxy groups -OCH3 is 1. The van der Waals surface area contributed by atoms with Gasteiger partial charge in [-0.1, -0.05) is 25.0 Å². The third-order valence-corrected chi connectivity index (χ3v) is 7.51. The van der Waals surface area contributed by atoms with Gasteiger partial charge in [0, 0.05) is 31.3 Å². The van der Waals surface area contributed by atoms with Crippen LogP contribution in [-0.2, 0) is 0 Å². The average Bonchev–Trinajstić information content (AvgIpc) is 3.46. The van der Waals surface area contributed by atoms with Crippen LogP contribution in [0.25, 0.3) is 0 Å². The molecule has 6 nitrogen and oxygen atoms in total. The second-order valence-corrected chi connectivity index (χ2v) is 9.70. The highest BCUT2D eigenvalue weighted by molar-refractivity contribution is 5.93. The summed E-state index contributed by atoms with van der Waals surface area (Å²) in [5, 5.41) is 0. The molecule has 1 spiro atoms. The van der Waals surface area contributed by atoms with Crippen molar-refractivity contribution in [1.82, 2.24) is 9.88 Å². The maximum Gasteiger partial charge on any atom is 0.272 e. The molecule has 6 heteroatoms. The van der Waals surface area contributed by atoms with Crippen molar-refractivity contribution in [2.75, 3.05) is 33.4 Å². The van der Waals surface area contributed by atoms with E-state index in [9.17, 15) is 4.79 Å². The Balaban J connectivity index is 1.18. The van der Waals surface area contributed by atoms with E-state index in [0.29, 0.717) is 43.2 Å². The van der Waals surface area contributed by atoms with Crippen molar-refractivity contribution in [2.45, 2.75) is 44.4 Å². The van der Waals surface area contributed by atoms with Gasteiger partial charge in [-0.25, -0.2) is 0 Å². The van der Waals surface area contributed by atoms with Crippen LogP contribution >= 0.6 is 0 Å². The highest BCUT2D eigenvalue weighted by Crippen LogP contribution is 2.48. The molecule has 3 aliphatic rings. The smallest absolute Gasteiger partial charge is 0.272 e. The summed E-state index contributed by atoms with van der Waals surface area (Å²) in [6, 6.07) is 9.54. The lowest BCUT2D eigenvalue weighted by molar-refractivity contribution is 0.0595. The molecular formula is C28H33N2O4. The van der Waals surface area contributed by atoms with Crippen LogP contribution < -0.4 is 14.2 Å². The molecule has 179 valence electrons. The first-order chi connectivity index (χ1) is 16.6. The molecule has 1 aromatic carbocycles. The van der Waals surface area contributed by atoms with Gasteiger partial charge in [0.25, 0.3) is 5.91 Å². The first kappa shape index (κ1) is 22.8. The van der Waals surface area contributed by atoms with Crippen LogP contribution in [0.5, 0.6) is 17.2 Å². The van der Waals surface area contributed by atoms with Crippen LogP contribution in [0.15, 0.2) is 48.2 Å². The molecule has 0 unspecified atom stereocenters. The molecule has 1 saturated carbocycles. The third kappa shape index (κ3) is 4.63. The Kier molecular flexibility index (Phi) is 6.48. The van der Waals surface area contributed by atoms with E-state index >= 15 is 0 Å². The van der Waals surface area contributed by atoms with E-state index in [1.807, 2.05) is 17.0 Å². The lowest BCUT2D eigenvalue weighted by atomic mass is 9.86. The number of likely N-dealkylation sites (tertiary alicyclic amines) is 1. The number of hydrogen-bond donors (Lipinski definition) is 0. The maximum absolute atomic E-state index is 12.8. The van der Waals surface area contributed by atoms with Crippen LogP contribution in [0.1, 0.15) is 60.5 Å². The predicted molar refractivity (Wildman–Crippen MR) is 130 cm³/mol. The zero-order chi connectivity index (χ0) is 23.5. The molecule has 0 N–H and O–H groups in total. The minimum absolute atomic E-state index is 0.0810. The van der Waals surface area contributed by atoms with Gasteiger partial charge in [0.05, 0.1) is 13.7 Å². The van der Waals surface area contributed by atoms with Crippen molar-refractivity contribution in [3.05, 3.63) is 66.4 Å². The van der Waals surface area contributed by atoms with E-state index in [2.05, 4.69) is 24.1 Å². The van der Waals surface area contributed by atoms with Crippen molar-refractivity contribution >= 4 is 5.91 Å². The number of pyridine rings is 1. The van der Waals surface area contributed by atoms with E-state index in [4.69, 9.17) is 14.2 Å².